The topological polar surface area (TPSA) is 40.5 Å². The van der Waals surface area contributed by atoms with Gasteiger partial charge in [-0.2, -0.15) is 0 Å². The second kappa shape index (κ2) is 6.62. The van der Waals surface area contributed by atoms with E-state index >= 15 is 0 Å². The molecule has 0 aliphatic rings. The van der Waals surface area contributed by atoms with Gasteiger partial charge >= 0.3 is 0 Å². The number of benzene rings is 1. The highest BCUT2D eigenvalue weighted by molar-refractivity contribution is 6.30. The summed E-state index contributed by atoms with van der Waals surface area (Å²) in [6.45, 7) is 2.25. The number of carbonyl (C=O) groups is 1. The van der Waals surface area contributed by atoms with Gasteiger partial charge in [-0.25, -0.2) is 0 Å². The molecule has 1 rings (SSSR count). The Morgan fingerprint density at radius 1 is 1.41 bits per heavy atom. The van der Waals surface area contributed by atoms with E-state index in [1.807, 2.05) is 24.3 Å². The number of halogens is 1. The van der Waals surface area contributed by atoms with Crippen LogP contribution in [-0.2, 0) is 11.3 Å². The Morgan fingerprint density at radius 2 is 2.00 bits per heavy atom. The van der Waals surface area contributed by atoms with Gasteiger partial charge in [0.2, 0.25) is 5.91 Å². The third-order valence-electron chi connectivity index (χ3n) is 2.53. The van der Waals surface area contributed by atoms with Crippen LogP contribution in [0.1, 0.15) is 25.3 Å². The minimum Gasteiger partial charge on any atom is -0.393 e. The molecular weight excluding hydrogens is 238 g/mol. The third-order valence-corrected chi connectivity index (χ3v) is 2.79. The van der Waals surface area contributed by atoms with E-state index in [2.05, 4.69) is 0 Å². The lowest BCUT2D eigenvalue weighted by Gasteiger charge is -2.17. The first kappa shape index (κ1) is 14.0. The number of nitrogens with zero attached hydrogens (tertiary/aromatic N) is 1. The zero-order valence-corrected chi connectivity index (χ0v) is 10.9. The maximum Gasteiger partial charge on any atom is 0.222 e. The van der Waals surface area contributed by atoms with Crippen LogP contribution in [0.5, 0.6) is 0 Å². The quantitative estimate of drug-likeness (QED) is 0.878. The third kappa shape index (κ3) is 5.20. The molecule has 0 heterocycles. The summed E-state index contributed by atoms with van der Waals surface area (Å²) in [5, 5.41) is 9.81. The molecule has 4 heteroatoms. The summed E-state index contributed by atoms with van der Waals surface area (Å²) in [6.07, 6.45) is 0.453. The molecule has 0 saturated heterocycles. The molecule has 1 N–H and O–H groups in total. The highest BCUT2D eigenvalue weighted by Gasteiger charge is 2.10. The Labute approximate surface area is 107 Å². The van der Waals surface area contributed by atoms with Crippen molar-refractivity contribution in [3.63, 3.8) is 0 Å². The zero-order valence-electron chi connectivity index (χ0n) is 10.2. The monoisotopic (exact) mass is 255 g/mol. The van der Waals surface area contributed by atoms with E-state index < -0.39 is 6.10 Å². The Kier molecular flexibility index (Phi) is 5.45. The van der Waals surface area contributed by atoms with Crippen LogP contribution in [0.15, 0.2) is 24.3 Å². The van der Waals surface area contributed by atoms with Crippen molar-refractivity contribution >= 4 is 17.5 Å². The lowest BCUT2D eigenvalue weighted by atomic mass is 10.2. The summed E-state index contributed by atoms with van der Waals surface area (Å²) >= 11 is 5.79. The van der Waals surface area contributed by atoms with E-state index in [0.717, 1.165) is 5.56 Å². The first-order chi connectivity index (χ1) is 7.99. The fourth-order valence-corrected chi connectivity index (χ4v) is 1.60. The lowest BCUT2D eigenvalue weighted by molar-refractivity contribution is -0.131. The maximum atomic E-state index is 11.7. The van der Waals surface area contributed by atoms with Gasteiger partial charge in [-0.1, -0.05) is 23.7 Å². The van der Waals surface area contributed by atoms with Gasteiger partial charge in [-0.3, -0.25) is 4.79 Å². The van der Waals surface area contributed by atoms with E-state index in [1.165, 1.54) is 0 Å². The summed E-state index contributed by atoms with van der Waals surface area (Å²) in [4.78, 5) is 13.4. The van der Waals surface area contributed by atoms with Crippen LogP contribution in [0, 0.1) is 0 Å². The van der Waals surface area contributed by atoms with E-state index in [9.17, 15) is 4.79 Å². The van der Waals surface area contributed by atoms with Gasteiger partial charge in [0, 0.05) is 25.0 Å². The van der Waals surface area contributed by atoms with Gasteiger partial charge in [0.25, 0.3) is 0 Å². The van der Waals surface area contributed by atoms with Crippen LogP contribution in [0.2, 0.25) is 5.02 Å². The number of carbonyl (C=O) groups excluding carboxylic acids is 1. The van der Waals surface area contributed by atoms with Crippen LogP contribution in [-0.4, -0.2) is 29.1 Å². The summed E-state index contributed by atoms with van der Waals surface area (Å²) in [6, 6.07) is 7.43. The first-order valence-electron chi connectivity index (χ1n) is 5.65. The van der Waals surface area contributed by atoms with Gasteiger partial charge in [-0.15, -0.1) is 0 Å². The smallest absolute Gasteiger partial charge is 0.222 e. The lowest BCUT2D eigenvalue weighted by Crippen LogP contribution is -2.26. The van der Waals surface area contributed by atoms with E-state index in [4.69, 9.17) is 16.7 Å². The molecule has 1 amide bonds. The molecule has 0 aromatic heterocycles. The van der Waals surface area contributed by atoms with Gasteiger partial charge in [0.15, 0.2) is 0 Å². The largest absolute Gasteiger partial charge is 0.393 e. The highest BCUT2D eigenvalue weighted by Crippen LogP contribution is 2.11. The molecule has 94 valence electrons. The average molecular weight is 256 g/mol. The van der Waals surface area contributed by atoms with Crippen molar-refractivity contribution in [2.24, 2.45) is 0 Å². The van der Waals surface area contributed by atoms with Crippen molar-refractivity contribution in [3.8, 4) is 0 Å². The number of hydrogen-bond donors (Lipinski definition) is 1. The molecule has 0 radical (unpaired) electrons. The molecule has 0 aliphatic carbocycles. The molecule has 1 unspecified atom stereocenters. The molecule has 1 aromatic rings. The fraction of sp³-hybridized carbons (Fsp3) is 0.462. The molecule has 0 saturated carbocycles. The number of aliphatic hydroxyl groups is 1. The molecular formula is C13H18ClNO2. The summed E-state index contributed by atoms with van der Waals surface area (Å²) in [5.74, 6) is 0.0425. The number of aliphatic hydroxyl groups excluding tert-OH is 1. The summed E-state index contributed by atoms with van der Waals surface area (Å²) < 4.78 is 0. The number of hydrogen-bond acceptors (Lipinski definition) is 2. The predicted octanol–water partition coefficient (Wildman–Crippen LogP) is 2.46. The minimum absolute atomic E-state index is 0.0425. The summed E-state index contributed by atoms with van der Waals surface area (Å²) in [5.41, 5.74) is 1.04. The van der Waals surface area contributed by atoms with Crippen LogP contribution >= 0.6 is 11.6 Å². The Balaban J connectivity index is 2.45. The van der Waals surface area contributed by atoms with E-state index in [1.54, 1.807) is 18.9 Å². The standard InChI is InChI=1S/C13H18ClNO2/c1-10(16)3-8-13(17)15(2)9-11-4-6-12(14)7-5-11/h4-7,10,16H,3,8-9H2,1-2H3. The fourth-order valence-electron chi connectivity index (χ4n) is 1.48. The number of amides is 1. The molecule has 1 aromatic carbocycles. The zero-order chi connectivity index (χ0) is 12.8. The molecule has 1 atom stereocenters. The van der Waals surface area contributed by atoms with Gasteiger partial charge in [-0.05, 0) is 31.0 Å². The van der Waals surface area contributed by atoms with Crippen LogP contribution in [0.25, 0.3) is 0 Å². The van der Waals surface area contributed by atoms with Crippen molar-refractivity contribution in [2.75, 3.05) is 7.05 Å². The van der Waals surface area contributed by atoms with Crippen molar-refractivity contribution in [1.29, 1.82) is 0 Å². The second-order valence-corrected chi connectivity index (χ2v) is 4.70. The molecule has 0 aliphatic heterocycles. The van der Waals surface area contributed by atoms with Gasteiger partial charge in [0.05, 0.1) is 6.10 Å². The Hall–Kier alpha value is -1.06. The summed E-state index contributed by atoms with van der Waals surface area (Å²) in [7, 11) is 1.76. The maximum absolute atomic E-state index is 11.7. The predicted molar refractivity (Wildman–Crippen MR) is 68.8 cm³/mol. The molecule has 0 bridgehead atoms. The Morgan fingerprint density at radius 3 is 2.53 bits per heavy atom. The van der Waals surface area contributed by atoms with Crippen LogP contribution in [0.3, 0.4) is 0 Å². The van der Waals surface area contributed by atoms with Gasteiger partial charge in [0.1, 0.15) is 0 Å². The molecule has 3 nitrogen and oxygen atoms in total. The van der Waals surface area contributed by atoms with Crippen LogP contribution < -0.4 is 0 Å². The normalized spacial score (nSPS) is 12.2. The molecule has 0 fully saturated rings. The van der Waals surface area contributed by atoms with Crippen LogP contribution in [0.4, 0.5) is 0 Å². The van der Waals surface area contributed by atoms with Crippen molar-refractivity contribution < 1.29 is 9.90 Å². The van der Waals surface area contributed by atoms with E-state index in [-0.39, 0.29) is 5.91 Å². The van der Waals surface area contributed by atoms with E-state index in [0.29, 0.717) is 24.4 Å². The van der Waals surface area contributed by atoms with Crippen molar-refractivity contribution in [1.82, 2.24) is 4.90 Å². The highest BCUT2D eigenvalue weighted by atomic mass is 35.5. The molecule has 0 spiro atoms. The average Bonchev–Trinajstić information content (AvgIpc) is 2.28. The van der Waals surface area contributed by atoms with Crippen molar-refractivity contribution in [2.45, 2.75) is 32.4 Å². The number of rotatable bonds is 5. The minimum atomic E-state index is -0.428. The SMILES string of the molecule is CC(O)CCC(=O)N(C)Cc1ccc(Cl)cc1. The van der Waals surface area contributed by atoms with Gasteiger partial charge < -0.3 is 10.0 Å². The van der Waals surface area contributed by atoms with Crippen molar-refractivity contribution in [3.05, 3.63) is 34.9 Å². The Bertz CT molecular complexity index is 362. The molecule has 17 heavy (non-hydrogen) atoms. The second-order valence-electron chi connectivity index (χ2n) is 4.26. The first-order valence-corrected chi connectivity index (χ1v) is 6.03.